The molecule has 25 heavy (non-hydrogen) atoms. The Balaban J connectivity index is 1.76. The van der Waals surface area contributed by atoms with Crippen LogP contribution in [0, 0.1) is 6.92 Å². The van der Waals surface area contributed by atoms with Gasteiger partial charge in [0.25, 0.3) is 5.91 Å². The highest BCUT2D eigenvalue weighted by atomic mass is 35.5. The van der Waals surface area contributed by atoms with Gasteiger partial charge in [-0.1, -0.05) is 71.4 Å². The minimum atomic E-state index is -0.147. The predicted octanol–water partition coefficient (Wildman–Crippen LogP) is 5.57. The monoisotopic (exact) mass is 408 g/mol. The van der Waals surface area contributed by atoms with Gasteiger partial charge in [0.2, 0.25) is 0 Å². The maximum atomic E-state index is 12.6. The number of carbonyl (C=O) groups excluding carboxylic acids is 1. The largest absolute Gasteiger partial charge is 0.367 e. The normalized spacial score (nSPS) is 16.0. The fourth-order valence-electron chi connectivity index (χ4n) is 2.33. The number of amides is 1. The van der Waals surface area contributed by atoms with Crippen LogP contribution in [0.1, 0.15) is 11.1 Å². The Bertz CT molecular complexity index is 883. The molecule has 1 saturated heterocycles. The van der Waals surface area contributed by atoms with Crippen LogP contribution in [-0.2, 0) is 4.79 Å². The van der Waals surface area contributed by atoms with Crippen LogP contribution in [0.4, 0.5) is 5.69 Å². The van der Waals surface area contributed by atoms with Gasteiger partial charge in [0.1, 0.15) is 4.32 Å². The van der Waals surface area contributed by atoms with Crippen LogP contribution in [0.25, 0.3) is 6.08 Å². The molecule has 1 aliphatic rings. The Kier molecular flexibility index (Phi) is 5.69. The molecule has 1 N–H and O–H groups in total. The molecule has 0 bridgehead atoms. The van der Waals surface area contributed by atoms with Crippen molar-refractivity contribution in [3.63, 3.8) is 0 Å². The number of halogens is 2. The number of anilines is 1. The Morgan fingerprint density at radius 1 is 1.24 bits per heavy atom. The number of benzene rings is 2. The first-order valence-corrected chi connectivity index (χ1v) is 9.43. The predicted molar refractivity (Wildman–Crippen MR) is 111 cm³/mol. The molecule has 1 amide bonds. The maximum Gasteiger partial charge on any atom is 0.267 e. The molecule has 2 aromatic rings. The van der Waals surface area contributed by atoms with Gasteiger partial charge in [0.15, 0.2) is 0 Å². The average Bonchev–Trinajstić information content (AvgIpc) is 2.84. The van der Waals surface area contributed by atoms with E-state index in [9.17, 15) is 4.79 Å². The lowest BCUT2D eigenvalue weighted by Crippen LogP contribution is -2.33. The first-order chi connectivity index (χ1) is 12.0. The molecule has 0 aliphatic carbocycles. The second-order valence-electron chi connectivity index (χ2n) is 5.46. The van der Waals surface area contributed by atoms with Gasteiger partial charge in [-0.25, -0.2) is 0 Å². The topological polar surface area (TPSA) is 32.3 Å². The molecule has 0 radical (unpaired) electrons. The summed E-state index contributed by atoms with van der Waals surface area (Å²) in [6, 6.07) is 13.3. The van der Waals surface area contributed by atoms with E-state index in [-0.39, 0.29) is 5.91 Å². The smallest absolute Gasteiger partial charge is 0.267 e. The van der Waals surface area contributed by atoms with Crippen molar-refractivity contribution >= 4 is 69.2 Å². The van der Waals surface area contributed by atoms with Gasteiger partial charge in [-0.3, -0.25) is 9.69 Å². The molecule has 1 fully saturated rings. The Morgan fingerprint density at radius 3 is 2.76 bits per heavy atom. The van der Waals surface area contributed by atoms with Crippen LogP contribution >= 0.6 is 47.2 Å². The summed E-state index contributed by atoms with van der Waals surface area (Å²) in [5.74, 6) is -0.147. The average molecular weight is 409 g/mol. The zero-order chi connectivity index (χ0) is 18.0. The summed E-state index contributed by atoms with van der Waals surface area (Å²) in [6.45, 7) is 2.33. The van der Waals surface area contributed by atoms with Crippen molar-refractivity contribution in [2.24, 2.45) is 0 Å². The summed E-state index contributed by atoms with van der Waals surface area (Å²) >= 11 is 18.8. The number of thiocarbonyl (C=S) groups is 1. The second kappa shape index (κ2) is 7.79. The van der Waals surface area contributed by atoms with Crippen molar-refractivity contribution in [3.05, 3.63) is 68.5 Å². The van der Waals surface area contributed by atoms with E-state index in [2.05, 4.69) is 5.32 Å². The molecule has 7 heteroatoms. The van der Waals surface area contributed by atoms with Crippen molar-refractivity contribution < 1.29 is 4.79 Å². The molecule has 2 aromatic carbocycles. The Morgan fingerprint density at radius 2 is 2.00 bits per heavy atom. The van der Waals surface area contributed by atoms with E-state index >= 15 is 0 Å². The molecular weight excluding hydrogens is 395 g/mol. The van der Waals surface area contributed by atoms with Crippen LogP contribution in [0.5, 0.6) is 0 Å². The molecule has 3 rings (SSSR count). The minimum Gasteiger partial charge on any atom is -0.367 e. The molecule has 0 saturated carbocycles. The molecule has 128 valence electrons. The lowest BCUT2D eigenvalue weighted by molar-refractivity contribution is -0.121. The summed E-state index contributed by atoms with van der Waals surface area (Å²) in [6.07, 6.45) is 1.72. The zero-order valence-corrected chi connectivity index (χ0v) is 16.4. The van der Waals surface area contributed by atoms with Crippen LogP contribution in [0.15, 0.2) is 47.4 Å². The molecule has 0 atom stereocenters. The number of rotatable bonds is 4. The Labute approximate surface area is 166 Å². The molecule has 0 unspecified atom stereocenters. The van der Waals surface area contributed by atoms with E-state index in [1.165, 1.54) is 16.7 Å². The molecule has 1 heterocycles. The molecule has 0 spiro atoms. The van der Waals surface area contributed by atoms with Crippen LogP contribution in [0.2, 0.25) is 10.0 Å². The first kappa shape index (κ1) is 18.3. The lowest BCUT2D eigenvalue weighted by atomic mass is 10.2. The summed E-state index contributed by atoms with van der Waals surface area (Å²) in [4.78, 5) is 14.7. The summed E-state index contributed by atoms with van der Waals surface area (Å²) in [7, 11) is 0. The summed E-state index contributed by atoms with van der Waals surface area (Å²) in [5.41, 5.74) is 2.78. The Hall–Kier alpha value is -1.53. The molecule has 3 nitrogen and oxygen atoms in total. The quantitative estimate of drug-likeness (QED) is 0.528. The van der Waals surface area contributed by atoms with E-state index in [1.807, 2.05) is 37.3 Å². The lowest BCUT2D eigenvalue weighted by Gasteiger charge is -2.16. The number of nitrogens with one attached hydrogen (secondary N) is 1. The van der Waals surface area contributed by atoms with Crippen molar-refractivity contribution in [3.8, 4) is 0 Å². The SMILES string of the molecule is Cc1cccc(NCN2C(=O)C(=Cc3cccc(Cl)c3Cl)SC2=S)c1. The standard InChI is InChI=1S/C18H14Cl2N2OS2/c1-11-4-2-6-13(8-11)21-10-22-17(23)15(25-18(22)24)9-12-5-3-7-14(19)16(12)20/h2-9,21H,10H2,1H3. The van der Waals surface area contributed by atoms with Gasteiger partial charge in [-0.15, -0.1) is 0 Å². The van der Waals surface area contributed by atoms with Crippen molar-refractivity contribution in [1.29, 1.82) is 0 Å². The van der Waals surface area contributed by atoms with Crippen molar-refractivity contribution in [1.82, 2.24) is 4.90 Å². The van der Waals surface area contributed by atoms with Crippen LogP contribution in [0.3, 0.4) is 0 Å². The van der Waals surface area contributed by atoms with E-state index in [1.54, 1.807) is 18.2 Å². The van der Waals surface area contributed by atoms with Gasteiger partial charge in [0.05, 0.1) is 21.6 Å². The molecule has 0 aromatic heterocycles. The first-order valence-electron chi connectivity index (χ1n) is 7.45. The maximum absolute atomic E-state index is 12.6. The van der Waals surface area contributed by atoms with E-state index in [4.69, 9.17) is 35.4 Å². The zero-order valence-electron chi connectivity index (χ0n) is 13.3. The van der Waals surface area contributed by atoms with Gasteiger partial charge in [0, 0.05) is 5.69 Å². The third kappa shape index (κ3) is 4.18. The van der Waals surface area contributed by atoms with Crippen molar-refractivity contribution in [2.45, 2.75) is 6.92 Å². The van der Waals surface area contributed by atoms with E-state index in [0.29, 0.717) is 31.5 Å². The number of nitrogens with zero attached hydrogens (tertiary/aromatic N) is 1. The second-order valence-corrected chi connectivity index (χ2v) is 7.92. The van der Waals surface area contributed by atoms with Crippen LogP contribution < -0.4 is 5.32 Å². The summed E-state index contributed by atoms with van der Waals surface area (Å²) in [5, 5.41) is 4.10. The number of thioether (sulfide) groups is 1. The van der Waals surface area contributed by atoms with Crippen molar-refractivity contribution in [2.75, 3.05) is 12.0 Å². The fourth-order valence-corrected chi connectivity index (χ4v) is 3.94. The minimum absolute atomic E-state index is 0.147. The highest BCUT2D eigenvalue weighted by Gasteiger charge is 2.31. The third-order valence-corrected chi connectivity index (χ3v) is 5.81. The highest BCUT2D eigenvalue weighted by Crippen LogP contribution is 2.35. The third-order valence-electron chi connectivity index (χ3n) is 3.60. The van der Waals surface area contributed by atoms with Gasteiger partial charge in [-0.05, 0) is 42.3 Å². The van der Waals surface area contributed by atoms with Crippen LogP contribution in [-0.4, -0.2) is 21.8 Å². The number of carbonyl (C=O) groups is 1. The van der Waals surface area contributed by atoms with E-state index < -0.39 is 0 Å². The summed E-state index contributed by atoms with van der Waals surface area (Å²) < 4.78 is 0.509. The highest BCUT2D eigenvalue weighted by molar-refractivity contribution is 8.26. The molecular formula is C18H14Cl2N2OS2. The number of hydrogen-bond acceptors (Lipinski definition) is 4. The van der Waals surface area contributed by atoms with Gasteiger partial charge < -0.3 is 5.32 Å². The number of aryl methyl sites for hydroxylation is 1. The van der Waals surface area contributed by atoms with Gasteiger partial charge >= 0.3 is 0 Å². The number of hydrogen-bond donors (Lipinski definition) is 1. The molecule has 1 aliphatic heterocycles. The fraction of sp³-hybridized carbons (Fsp3) is 0.111. The van der Waals surface area contributed by atoms with Gasteiger partial charge in [-0.2, -0.15) is 0 Å². The van der Waals surface area contributed by atoms with E-state index in [0.717, 1.165) is 11.3 Å².